The molecule has 0 spiro atoms. The molecule has 0 heterocycles. The molecule has 290 valence electrons. The SMILES string of the molecule is NCCCCCC(=O)O.O=C(CCCCCNC(=O)c1ccccc1)NO.O=C(Cl)c1ccccc1.O=C(O)CCCCCNC(=O)c1ccccc1. The molecule has 13 nitrogen and oxygen atoms in total. The fraction of sp³-hybridized carbons (Fsp3) is 0.385. The first-order valence-corrected chi connectivity index (χ1v) is 17.9. The molecule has 14 heteroatoms. The molecule has 0 aliphatic rings. The van der Waals surface area contributed by atoms with Crippen LogP contribution in [0.4, 0.5) is 0 Å². The van der Waals surface area contributed by atoms with Crippen LogP contribution >= 0.6 is 11.6 Å². The normalized spacial score (nSPS) is 9.64. The van der Waals surface area contributed by atoms with Gasteiger partial charge in [-0.3, -0.25) is 34.0 Å². The zero-order valence-electron chi connectivity index (χ0n) is 30.0. The van der Waals surface area contributed by atoms with E-state index in [9.17, 15) is 28.8 Å². The van der Waals surface area contributed by atoms with Gasteiger partial charge >= 0.3 is 11.9 Å². The lowest BCUT2D eigenvalue weighted by atomic mass is 10.2. The summed E-state index contributed by atoms with van der Waals surface area (Å²) in [5.74, 6) is -2.01. The Morgan fingerprint density at radius 2 is 0.868 bits per heavy atom. The van der Waals surface area contributed by atoms with Gasteiger partial charge in [0.1, 0.15) is 0 Å². The van der Waals surface area contributed by atoms with E-state index in [0.717, 1.165) is 44.9 Å². The van der Waals surface area contributed by atoms with Crippen LogP contribution in [0.3, 0.4) is 0 Å². The maximum atomic E-state index is 11.6. The minimum absolute atomic E-state index is 0.0798. The second kappa shape index (κ2) is 32.8. The summed E-state index contributed by atoms with van der Waals surface area (Å²) in [5.41, 5.74) is 8.63. The number of aliphatic carboxylic acids is 2. The summed E-state index contributed by atoms with van der Waals surface area (Å²) in [6.45, 7) is 1.85. The first-order valence-electron chi connectivity index (χ1n) is 17.5. The first kappa shape index (κ1) is 47.9. The number of hydroxylamine groups is 1. The molecule has 0 fully saturated rings. The van der Waals surface area contributed by atoms with Crippen LogP contribution in [-0.4, -0.2) is 70.0 Å². The summed E-state index contributed by atoms with van der Waals surface area (Å²) in [7, 11) is 0. The Morgan fingerprint density at radius 3 is 1.19 bits per heavy atom. The van der Waals surface area contributed by atoms with Gasteiger partial charge in [-0.05, 0) is 80.9 Å². The summed E-state index contributed by atoms with van der Waals surface area (Å²) in [6, 6.07) is 26.8. The number of nitrogens with one attached hydrogen (secondary N) is 3. The van der Waals surface area contributed by atoms with Gasteiger partial charge in [-0.1, -0.05) is 86.0 Å². The molecule has 3 aromatic carbocycles. The zero-order chi connectivity index (χ0) is 39.5. The van der Waals surface area contributed by atoms with Crippen LogP contribution < -0.4 is 21.8 Å². The largest absolute Gasteiger partial charge is 0.481 e. The van der Waals surface area contributed by atoms with Gasteiger partial charge in [0, 0.05) is 49.0 Å². The molecule has 0 radical (unpaired) electrons. The number of halogens is 1. The lowest BCUT2D eigenvalue weighted by molar-refractivity contribution is -0.138. The van der Waals surface area contributed by atoms with Crippen molar-refractivity contribution in [1.29, 1.82) is 0 Å². The third kappa shape index (κ3) is 29.2. The van der Waals surface area contributed by atoms with Crippen LogP contribution in [0, 0.1) is 0 Å². The Labute approximate surface area is 316 Å². The number of carbonyl (C=O) groups excluding carboxylic acids is 4. The van der Waals surface area contributed by atoms with E-state index < -0.39 is 17.2 Å². The minimum atomic E-state index is -0.765. The molecule has 8 N–H and O–H groups in total. The maximum absolute atomic E-state index is 11.6. The molecule has 0 unspecified atom stereocenters. The number of carbonyl (C=O) groups is 6. The Bertz CT molecular complexity index is 1450. The molecule has 3 aromatic rings. The Hall–Kier alpha value is -5.11. The molecule has 0 aliphatic carbocycles. The molecule has 0 saturated carbocycles. The monoisotopic (exact) mass is 756 g/mol. The van der Waals surface area contributed by atoms with E-state index in [1.807, 2.05) is 42.5 Å². The van der Waals surface area contributed by atoms with Crippen molar-refractivity contribution in [1.82, 2.24) is 16.1 Å². The fourth-order valence-electron chi connectivity index (χ4n) is 4.17. The average molecular weight is 757 g/mol. The Morgan fingerprint density at radius 1 is 0.509 bits per heavy atom. The van der Waals surface area contributed by atoms with Crippen LogP contribution in [0.25, 0.3) is 0 Å². The molecular formula is C39H53ClN4O9. The predicted octanol–water partition coefficient (Wildman–Crippen LogP) is 6.20. The number of rotatable bonds is 20. The average Bonchev–Trinajstić information content (AvgIpc) is 3.17. The lowest BCUT2D eigenvalue weighted by Crippen LogP contribution is -2.24. The first-order chi connectivity index (χ1) is 25.5. The van der Waals surface area contributed by atoms with Gasteiger partial charge in [0.2, 0.25) is 5.91 Å². The highest BCUT2D eigenvalue weighted by molar-refractivity contribution is 6.67. The van der Waals surface area contributed by atoms with E-state index in [2.05, 4.69) is 10.6 Å². The molecule has 0 aromatic heterocycles. The van der Waals surface area contributed by atoms with Gasteiger partial charge < -0.3 is 26.6 Å². The third-order valence-corrected chi connectivity index (χ3v) is 7.23. The summed E-state index contributed by atoms with van der Waals surface area (Å²) in [6.07, 6.45) is 8.06. The molecule has 0 aliphatic heterocycles. The quantitative estimate of drug-likeness (QED) is 0.0299. The maximum Gasteiger partial charge on any atom is 0.303 e. The highest BCUT2D eigenvalue weighted by Crippen LogP contribution is 2.03. The number of benzene rings is 3. The molecule has 3 amide bonds. The van der Waals surface area contributed by atoms with Crippen LogP contribution in [0.5, 0.6) is 0 Å². The van der Waals surface area contributed by atoms with Gasteiger partial charge in [-0.2, -0.15) is 0 Å². The van der Waals surface area contributed by atoms with Crippen molar-refractivity contribution in [2.75, 3.05) is 19.6 Å². The molecule has 0 atom stereocenters. The van der Waals surface area contributed by atoms with Crippen molar-refractivity contribution in [3.8, 4) is 0 Å². The van der Waals surface area contributed by atoms with Crippen LogP contribution in [0.15, 0.2) is 91.0 Å². The van der Waals surface area contributed by atoms with Gasteiger partial charge in [-0.15, -0.1) is 0 Å². The highest BCUT2D eigenvalue weighted by Gasteiger charge is 2.04. The van der Waals surface area contributed by atoms with Crippen LogP contribution in [0.1, 0.15) is 108 Å². The summed E-state index contributed by atoms with van der Waals surface area (Å²) < 4.78 is 0. The van der Waals surface area contributed by atoms with E-state index in [1.165, 1.54) is 0 Å². The van der Waals surface area contributed by atoms with Gasteiger partial charge in [0.05, 0.1) is 0 Å². The minimum Gasteiger partial charge on any atom is -0.481 e. The standard InChI is InChI=1S/C13H18N2O3.C13H17NO3.C7H5ClO.C6H13NO2/c16-12(15-18)9-5-2-6-10-14-13(17)11-7-3-1-4-8-11;15-12(16)9-5-2-6-10-14-13(17)11-7-3-1-4-8-11;8-7(9)6-4-2-1-3-5-6;7-5-3-1-2-4-6(8)9/h1,3-4,7-8,18H,2,5-6,9-10H2,(H,14,17)(H,15,16);1,3-4,7-8H,2,5-6,9-10H2,(H,14,17)(H,15,16);1-5H;1-5,7H2,(H,8,9). The third-order valence-electron chi connectivity index (χ3n) is 7.01. The lowest BCUT2D eigenvalue weighted by Gasteiger charge is -2.04. The Balaban J connectivity index is 0.000000714. The van der Waals surface area contributed by atoms with E-state index in [-0.39, 0.29) is 30.6 Å². The van der Waals surface area contributed by atoms with Crippen molar-refractivity contribution in [3.63, 3.8) is 0 Å². The van der Waals surface area contributed by atoms with Crippen molar-refractivity contribution in [2.45, 2.75) is 77.0 Å². The summed E-state index contributed by atoms with van der Waals surface area (Å²) in [5, 5.41) is 30.1. The second-order valence-corrected chi connectivity index (χ2v) is 11.8. The topological polar surface area (TPSA) is 225 Å². The van der Waals surface area contributed by atoms with Gasteiger partial charge in [-0.25, -0.2) is 5.48 Å². The second-order valence-electron chi connectivity index (χ2n) is 11.4. The van der Waals surface area contributed by atoms with Crippen molar-refractivity contribution < 1.29 is 44.2 Å². The highest BCUT2D eigenvalue weighted by atomic mass is 35.5. The molecule has 3 rings (SSSR count). The van der Waals surface area contributed by atoms with E-state index in [0.29, 0.717) is 55.6 Å². The van der Waals surface area contributed by atoms with Crippen molar-refractivity contribution in [2.24, 2.45) is 5.73 Å². The number of carboxylic acid groups (broad SMARTS) is 2. The predicted molar refractivity (Wildman–Crippen MR) is 204 cm³/mol. The van der Waals surface area contributed by atoms with E-state index >= 15 is 0 Å². The molecular weight excluding hydrogens is 704 g/mol. The smallest absolute Gasteiger partial charge is 0.303 e. The summed E-state index contributed by atoms with van der Waals surface area (Å²) >= 11 is 5.16. The number of hydrogen-bond acceptors (Lipinski definition) is 8. The summed E-state index contributed by atoms with van der Waals surface area (Å²) in [4.78, 5) is 64.5. The molecule has 0 saturated heterocycles. The number of amides is 3. The number of unbranched alkanes of at least 4 members (excludes halogenated alkanes) is 6. The zero-order valence-corrected chi connectivity index (χ0v) is 30.8. The number of hydrogen-bond donors (Lipinski definition) is 7. The number of nitrogens with two attached hydrogens (primary N) is 1. The van der Waals surface area contributed by atoms with Gasteiger partial charge in [0.15, 0.2) is 0 Å². The van der Waals surface area contributed by atoms with E-state index in [4.69, 9.17) is 32.8 Å². The van der Waals surface area contributed by atoms with Crippen molar-refractivity contribution in [3.05, 3.63) is 108 Å². The van der Waals surface area contributed by atoms with Crippen molar-refractivity contribution >= 4 is 46.5 Å². The Kier molecular flexibility index (Phi) is 29.6. The van der Waals surface area contributed by atoms with Gasteiger partial charge in [0.25, 0.3) is 17.1 Å². The van der Waals surface area contributed by atoms with Crippen LogP contribution in [0.2, 0.25) is 0 Å². The molecule has 0 bridgehead atoms. The molecule has 53 heavy (non-hydrogen) atoms. The fourth-order valence-corrected chi connectivity index (χ4v) is 4.30. The van der Waals surface area contributed by atoms with E-state index in [1.54, 1.807) is 54.0 Å². The van der Waals surface area contributed by atoms with Crippen LogP contribution in [-0.2, 0) is 14.4 Å². The number of carboxylic acids is 2.